The van der Waals surface area contributed by atoms with Gasteiger partial charge in [0.2, 0.25) is 0 Å². The number of hydrogen-bond acceptors (Lipinski definition) is 3. The van der Waals surface area contributed by atoms with Crippen LogP contribution in [0.2, 0.25) is 0 Å². The summed E-state index contributed by atoms with van der Waals surface area (Å²) in [5.41, 5.74) is -0.256. The molecule has 7 heteroatoms. The Morgan fingerprint density at radius 3 is 2.76 bits per heavy atom. The summed E-state index contributed by atoms with van der Waals surface area (Å²) in [6, 6.07) is 6.84. The number of benzene rings is 1. The molecule has 2 rings (SSSR count). The van der Waals surface area contributed by atoms with Crippen LogP contribution in [-0.2, 0) is 6.42 Å². The Balaban J connectivity index is 1.87. The van der Waals surface area contributed by atoms with Crippen molar-refractivity contribution in [1.82, 2.24) is 5.32 Å². The number of anilines is 1. The molecule has 21 heavy (non-hydrogen) atoms. The van der Waals surface area contributed by atoms with Crippen molar-refractivity contribution < 1.29 is 19.1 Å². The number of thiophene rings is 1. The highest BCUT2D eigenvalue weighted by molar-refractivity contribution is 7.09. The molecule has 1 aromatic carbocycles. The van der Waals surface area contributed by atoms with E-state index in [0.29, 0.717) is 6.54 Å². The van der Waals surface area contributed by atoms with Crippen molar-refractivity contribution in [3.63, 3.8) is 0 Å². The molecule has 2 aromatic rings. The van der Waals surface area contributed by atoms with Crippen LogP contribution in [0.4, 0.5) is 14.9 Å². The van der Waals surface area contributed by atoms with Crippen LogP contribution in [0.25, 0.3) is 0 Å². The largest absolute Gasteiger partial charge is 0.478 e. The number of carbonyl (C=O) groups excluding carboxylic acids is 1. The normalized spacial score (nSPS) is 10.1. The lowest BCUT2D eigenvalue weighted by Crippen LogP contribution is -2.30. The molecule has 0 radical (unpaired) electrons. The third-order valence-corrected chi connectivity index (χ3v) is 3.63. The molecule has 0 saturated heterocycles. The second-order valence-corrected chi connectivity index (χ2v) is 5.24. The van der Waals surface area contributed by atoms with Crippen LogP contribution in [0.5, 0.6) is 0 Å². The molecular weight excluding hydrogens is 295 g/mol. The van der Waals surface area contributed by atoms with E-state index in [2.05, 4.69) is 10.6 Å². The van der Waals surface area contributed by atoms with E-state index >= 15 is 0 Å². The van der Waals surface area contributed by atoms with Crippen molar-refractivity contribution in [3.05, 3.63) is 52.0 Å². The van der Waals surface area contributed by atoms with E-state index in [1.807, 2.05) is 17.5 Å². The predicted molar refractivity (Wildman–Crippen MR) is 78.4 cm³/mol. The van der Waals surface area contributed by atoms with Crippen molar-refractivity contribution >= 4 is 29.0 Å². The van der Waals surface area contributed by atoms with E-state index < -0.39 is 23.4 Å². The molecular formula is C14H13FN2O3S. The van der Waals surface area contributed by atoms with Gasteiger partial charge in [0.25, 0.3) is 0 Å². The van der Waals surface area contributed by atoms with Gasteiger partial charge in [-0.2, -0.15) is 0 Å². The summed E-state index contributed by atoms with van der Waals surface area (Å²) < 4.78 is 13.2. The van der Waals surface area contributed by atoms with E-state index in [-0.39, 0.29) is 5.69 Å². The van der Waals surface area contributed by atoms with Gasteiger partial charge in [-0.25, -0.2) is 14.0 Å². The van der Waals surface area contributed by atoms with Crippen LogP contribution in [0.15, 0.2) is 35.7 Å². The van der Waals surface area contributed by atoms with Gasteiger partial charge in [-0.1, -0.05) is 6.07 Å². The summed E-state index contributed by atoms with van der Waals surface area (Å²) in [5.74, 6) is -2.22. The second kappa shape index (κ2) is 6.85. The van der Waals surface area contributed by atoms with Crippen LogP contribution in [0.3, 0.4) is 0 Å². The van der Waals surface area contributed by atoms with E-state index in [4.69, 9.17) is 5.11 Å². The molecule has 1 aromatic heterocycles. The van der Waals surface area contributed by atoms with E-state index in [0.717, 1.165) is 23.4 Å². The average Bonchev–Trinajstić information content (AvgIpc) is 2.94. The Morgan fingerprint density at radius 1 is 1.29 bits per heavy atom. The molecule has 0 unspecified atom stereocenters. The van der Waals surface area contributed by atoms with Crippen molar-refractivity contribution in [2.24, 2.45) is 0 Å². The zero-order valence-electron chi connectivity index (χ0n) is 10.9. The Bertz CT molecular complexity index is 644. The molecule has 0 bridgehead atoms. The van der Waals surface area contributed by atoms with Gasteiger partial charge in [0.15, 0.2) is 0 Å². The van der Waals surface area contributed by atoms with Gasteiger partial charge < -0.3 is 15.7 Å². The number of rotatable bonds is 5. The highest BCUT2D eigenvalue weighted by Gasteiger charge is 2.11. The second-order valence-electron chi connectivity index (χ2n) is 4.21. The molecule has 110 valence electrons. The third-order valence-electron chi connectivity index (χ3n) is 2.69. The number of carbonyl (C=O) groups is 2. The number of halogens is 1. The quantitative estimate of drug-likeness (QED) is 0.794. The fraction of sp³-hybridized carbons (Fsp3) is 0.143. The first-order valence-corrected chi connectivity index (χ1v) is 7.04. The standard InChI is InChI=1S/C14H13FN2O3S/c15-12-4-3-9(8-11(12)13(18)19)17-14(20)16-6-5-10-2-1-7-21-10/h1-4,7-8H,5-6H2,(H,18,19)(H2,16,17,20). The van der Waals surface area contributed by atoms with Gasteiger partial charge >= 0.3 is 12.0 Å². The number of hydrogen-bond donors (Lipinski definition) is 3. The van der Waals surface area contributed by atoms with Crippen LogP contribution in [-0.4, -0.2) is 23.7 Å². The Hall–Kier alpha value is -2.41. The van der Waals surface area contributed by atoms with E-state index in [1.165, 1.54) is 6.07 Å². The highest BCUT2D eigenvalue weighted by atomic mass is 32.1. The van der Waals surface area contributed by atoms with E-state index in [9.17, 15) is 14.0 Å². The van der Waals surface area contributed by atoms with Gasteiger partial charge in [-0.15, -0.1) is 11.3 Å². The lowest BCUT2D eigenvalue weighted by Gasteiger charge is -2.08. The molecule has 0 spiro atoms. The van der Waals surface area contributed by atoms with Crippen LogP contribution in [0, 0.1) is 5.82 Å². The fourth-order valence-corrected chi connectivity index (χ4v) is 2.41. The number of carboxylic acids is 1. The van der Waals surface area contributed by atoms with Gasteiger partial charge in [0, 0.05) is 17.1 Å². The molecule has 0 saturated carbocycles. The lowest BCUT2D eigenvalue weighted by atomic mass is 10.2. The monoisotopic (exact) mass is 308 g/mol. The number of carboxylic acid groups (broad SMARTS) is 1. The van der Waals surface area contributed by atoms with Crippen molar-refractivity contribution in [1.29, 1.82) is 0 Å². The molecule has 3 N–H and O–H groups in total. The summed E-state index contributed by atoms with van der Waals surface area (Å²) in [7, 11) is 0. The molecule has 0 atom stereocenters. The topological polar surface area (TPSA) is 78.4 Å². The highest BCUT2D eigenvalue weighted by Crippen LogP contribution is 2.14. The molecule has 0 aliphatic heterocycles. The minimum Gasteiger partial charge on any atom is -0.478 e. The Morgan fingerprint density at radius 2 is 2.10 bits per heavy atom. The minimum atomic E-state index is -1.38. The van der Waals surface area contributed by atoms with E-state index in [1.54, 1.807) is 11.3 Å². The molecule has 5 nitrogen and oxygen atoms in total. The Labute approximate surface area is 124 Å². The van der Waals surface area contributed by atoms with Crippen molar-refractivity contribution in [2.45, 2.75) is 6.42 Å². The molecule has 0 fully saturated rings. The maximum atomic E-state index is 13.2. The number of aromatic carboxylic acids is 1. The van der Waals surface area contributed by atoms with Gasteiger partial charge in [-0.3, -0.25) is 0 Å². The van der Waals surface area contributed by atoms with Crippen molar-refractivity contribution in [2.75, 3.05) is 11.9 Å². The first kappa shape index (κ1) is 15.0. The first-order chi connectivity index (χ1) is 10.1. The maximum Gasteiger partial charge on any atom is 0.338 e. The number of nitrogens with one attached hydrogen (secondary N) is 2. The summed E-state index contributed by atoms with van der Waals surface area (Å²) in [6.45, 7) is 0.458. The number of urea groups is 1. The zero-order valence-corrected chi connectivity index (χ0v) is 11.7. The molecule has 1 heterocycles. The van der Waals surface area contributed by atoms with Crippen LogP contribution < -0.4 is 10.6 Å². The van der Waals surface area contributed by atoms with Gasteiger partial charge in [0.05, 0.1) is 5.56 Å². The zero-order chi connectivity index (χ0) is 15.2. The lowest BCUT2D eigenvalue weighted by molar-refractivity contribution is 0.0692. The van der Waals surface area contributed by atoms with Crippen molar-refractivity contribution in [3.8, 4) is 0 Å². The molecule has 0 aliphatic rings. The maximum absolute atomic E-state index is 13.2. The summed E-state index contributed by atoms with van der Waals surface area (Å²) in [5, 5.41) is 15.9. The van der Waals surface area contributed by atoms with Gasteiger partial charge in [0.1, 0.15) is 5.82 Å². The minimum absolute atomic E-state index is 0.224. The van der Waals surface area contributed by atoms with Crippen LogP contribution in [0.1, 0.15) is 15.2 Å². The number of amides is 2. The fourth-order valence-electron chi connectivity index (χ4n) is 1.70. The smallest absolute Gasteiger partial charge is 0.338 e. The van der Waals surface area contributed by atoms with Gasteiger partial charge in [-0.05, 0) is 36.1 Å². The summed E-state index contributed by atoms with van der Waals surface area (Å²) in [4.78, 5) is 23.6. The molecule has 2 amide bonds. The average molecular weight is 308 g/mol. The predicted octanol–water partition coefficient (Wildman–Crippen LogP) is 2.95. The van der Waals surface area contributed by atoms with Crippen LogP contribution >= 0.6 is 11.3 Å². The molecule has 0 aliphatic carbocycles. The SMILES string of the molecule is O=C(NCCc1cccs1)Nc1ccc(F)c(C(=O)O)c1. The summed E-state index contributed by atoms with van der Waals surface area (Å²) >= 11 is 1.61. The third kappa shape index (κ3) is 4.28. The first-order valence-electron chi connectivity index (χ1n) is 6.16. The Kier molecular flexibility index (Phi) is 4.89. The summed E-state index contributed by atoms with van der Waals surface area (Å²) in [6.07, 6.45) is 0.717.